The molecule has 0 saturated heterocycles. The molecule has 0 aliphatic heterocycles. The fourth-order valence-corrected chi connectivity index (χ4v) is 1.54. The molecule has 7 nitrogen and oxygen atoms in total. The lowest BCUT2D eigenvalue weighted by atomic mass is 10.2. The van der Waals surface area contributed by atoms with Gasteiger partial charge in [0.05, 0.1) is 12.8 Å². The van der Waals surface area contributed by atoms with E-state index in [1.165, 1.54) is 11.2 Å². The van der Waals surface area contributed by atoms with Gasteiger partial charge in [0.2, 0.25) is 0 Å². The highest BCUT2D eigenvalue weighted by Crippen LogP contribution is 2.06. The number of carbonyl (C=O) groups excluding carboxylic acids is 1. The van der Waals surface area contributed by atoms with Gasteiger partial charge in [-0.1, -0.05) is 0 Å². The summed E-state index contributed by atoms with van der Waals surface area (Å²) in [5.74, 6) is -0.553. The van der Waals surface area contributed by atoms with Gasteiger partial charge < -0.3 is 24.8 Å². The molecule has 1 heterocycles. The van der Waals surface area contributed by atoms with Crippen molar-refractivity contribution in [1.29, 1.82) is 0 Å². The van der Waals surface area contributed by atoms with Crippen molar-refractivity contribution in [2.24, 2.45) is 0 Å². The van der Waals surface area contributed by atoms with Crippen LogP contribution in [0.25, 0.3) is 0 Å². The van der Waals surface area contributed by atoms with Gasteiger partial charge in [-0.2, -0.15) is 0 Å². The van der Waals surface area contributed by atoms with Gasteiger partial charge in [-0.3, -0.25) is 0 Å². The van der Waals surface area contributed by atoms with E-state index in [0.29, 0.717) is 12.3 Å². The van der Waals surface area contributed by atoms with E-state index in [4.69, 9.17) is 14.6 Å². The fourth-order valence-electron chi connectivity index (χ4n) is 1.54. The lowest BCUT2D eigenvalue weighted by Crippen LogP contribution is -2.48. The van der Waals surface area contributed by atoms with E-state index in [1.54, 1.807) is 19.1 Å². The SMILES string of the molecule is CCN(Cc1ccco1)C(=O)N[C@H](CCO)C(=O)O. The molecule has 1 atom stereocenters. The molecule has 0 saturated carbocycles. The standard InChI is InChI=1S/C12H18N2O5/c1-2-14(8-9-4-3-7-19-9)12(18)13-10(5-6-15)11(16)17/h3-4,7,10,15H,2,5-6,8H2,1H3,(H,13,18)(H,16,17)/t10-/m1/s1. The van der Waals surface area contributed by atoms with Crippen molar-refractivity contribution in [3.05, 3.63) is 24.2 Å². The van der Waals surface area contributed by atoms with Crippen LogP contribution >= 0.6 is 0 Å². The molecule has 0 aliphatic rings. The molecule has 0 aromatic carbocycles. The van der Waals surface area contributed by atoms with Crippen LogP contribution in [-0.4, -0.2) is 46.3 Å². The van der Waals surface area contributed by atoms with Crippen molar-refractivity contribution < 1.29 is 24.2 Å². The molecule has 0 aliphatic carbocycles. The van der Waals surface area contributed by atoms with Crippen LogP contribution in [0.3, 0.4) is 0 Å². The maximum absolute atomic E-state index is 11.9. The van der Waals surface area contributed by atoms with Gasteiger partial charge in [0.1, 0.15) is 11.8 Å². The Balaban J connectivity index is 2.59. The van der Waals surface area contributed by atoms with Crippen molar-refractivity contribution >= 4 is 12.0 Å². The van der Waals surface area contributed by atoms with Gasteiger partial charge in [0, 0.05) is 19.6 Å². The van der Waals surface area contributed by atoms with E-state index in [-0.39, 0.29) is 19.6 Å². The van der Waals surface area contributed by atoms with E-state index < -0.39 is 18.0 Å². The van der Waals surface area contributed by atoms with E-state index >= 15 is 0 Å². The molecule has 0 unspecified atom stereocenters. The molecule has 0 spiro atoms. The molecular weight excluding hydrogens is 252 g/mol. The van der Waals surface area contributed by atoms with E-state index in [9.17, 15) is 9.59 Å². The Hall–Kier alpha value is -2.02. The number of nitrogens with one attached hydrogen (secondary N) is 1. The summed E-state index contributed by atoms with van der Waals surface area (Å²) in [5.41, 5.74) is 0. The number of furan rings is 1. The number of aliphatic hydroxyl groups excluding tert-OH is 1. The molecule has 1 aromatic heterocycles. The highest BCUT2D eigenvalue weighted by molar-refractivity contribution is 5.82. The van der Waals surface area contributed by atoms with Crippen LogP contribution in [0.4, 0.5) is 4.79 Å². The molecule has 1 rings (SSSR count). The van der Waals surface area contributed by atoms with Crippen LogP contribution in [0.5, 0.6) is 0 Å². The molecule has 19 heavy (non-hydrogen) atoms. The van der Waals surface area contributed by atoms with Crippen molar-refractivity contribution in [3.63, 3.8) is 0 Å². The number of aliphatic carboxylic acids is 1. The number of hydrogen-bond donors (Lipinski definition) is 3. The third-order valence-corrected chi connectivity index (χ3v) is 2.61. The molecule has 0 fully saturated rings. The zero-order valence-corrected chi connectivity index (χ0v) is 10.7. The third-order valence-electron chi connectivity index (χ3n) is 2.61. The summed E-state index contributed by atoms with van der Waals surface area (Å²) in [7, 11) is 0. The highest BCUT2D eigenvalue weighted by Gasteiger charge is 2.22. The van der Waals surface area contributed by atoms with Crippen LogP contribution in [0.2, 0.25) is 0 Å². The molecule has 2 amide bonds. The fraction of sp³-hybridized carbons (Fsp3) is 0.500. The molecule has 1 aromatic rings. The maximum atomic E-state index is 11.9. The van der Waals surface area contributed by atoms with Gasteiger partial charge in [-0.05, 0) is 19.1 Å². The lowest BCUT2D eigenvalue weighted by molar-refractivity contribution is -0.139. The monoisotopic (exact) mass is 270 g/mol. The smallest absolute Gasteiger partial charge is 0.326 e. The number of aliphatic hydroxyl groups is 1. The first-order valence-corrected chi connectivity index (χ1v) is 6.00. The first-order valence-electron chi connectivity index (χ1n) is 6.00. The first-order chi connectivity index (χ1) is 9.08. The zero-order valence-electron chi connectivity index (χ0n) is 10.7. The summed E-state index contributed by atoms with van der Waals surface area (Å²) in [4.78, 5) is 24.2. The number of urea groups is 1. The van der Waals surface area contributed by atoms with Crippen molar-refractivity contribution in [2.75, 3.05) is 13.2 Å². The van der Waals surface area contributed by atoms with Crippen molar-refractivity contribution in [1.82, 2.24) is 10.2 Å². The van der Waals surface area contributed by atoms with Crippen LogP contribution < -0.4 is 5.32 Å². The third kappa shape index (κ3) is 4.63. The minimum Gasteiger partial charge on any atom is -0.480 e. The molecule has 0 bridgehead atoms. The summed E-state index contributed by atoms with van der Waals surface area (Å²) >= 11 is 0. The normalized spacial score (nSPS) is 11.9. The first kappa shape index (κ1) is 15.0. The minimum atomic E-state index is -1.17. The zero-order chi connectivity index (χ0) is 14.3. The summed E-state index contributed by atoms with van der Waals surface area (Å²) in [5, 5.41) is 20.0. The molecule has 0 radical (unpaired) electrons. The van der Waals surface area contributed by atoms with Crippen LogP contribution in [0.15, 0.2) is 22.8 Å². The van der Waals surface area contributed by atoms with E-state index in [2.05, 4.69) is 5.32 Å². The second kappa shape index (κ2) is 7.42. The number of carboxylic acid groups (broad SMARTS) is 1. The van der Waals surface area contributed by atoms with Gasteiger partial charge in [0.25, 0.3) is 0 Å². The summed E-state index contributed by atoms with van der Waals surface area (Å²) < 4.78 is 5.14. The predicted octanol–water partition coefficient (Wildman–Crippen LogP) is 0.647. The van der Waals surface area contributed by atoms with Gasteiger partial charge >= 0.3 is 12.0 Å². The summed E-state index contributed by atoms with van der Waals surface area (Å²) in [6, 6.07) is 1.86. The second-order valence-corrected chi connectivity index (χ2v) is 3.95. The van der Waals surface area contributed by atoms with E-state index in [1.807, 2.05) is 0 Å². The average molecular weight is 270 g/mol. The minimum absolute atomic E-state index is 0.0284. The predicted molar refractivity (Wildman–Crippen MR) is 66.5 cm³/mol. The number of hydrogen-bond acceptors (Lipinski definition) is 4. The number of rotatable bonds is 7. The Morgan fingerprint density at radius 2 is 2.26 bits per heavy atom. The molecule has 106 valence electrons. The molecular formula is C12H18N2O5. The van der Waals surface area contributed by atoms with Crippen molar-refractivity contribution in [2.45, 2.75) is 25.9 Å². The summed E-state index contributed by atoms with van der Waals surface area (Å²) in [6.07, 6.45) is 1.48. The van der Waals surface area contributed by atoms with Crippen LogP contribution in [0, 0.1) is 0 Å². The lowest BCUT2D eigenvalue weighted by Gasteiger charge is -2.22. The van der Waals surface area contributed by atoms with Gasteiger partial charge in [-0.25, -0.2) is 9.59 Å². The Kier molecular flexibility index (Phi) is 5.87. The second-order valence-electron chi connectivity index (χ2n) is 3.95. The van der Waals surface area contributed by atoms with Gasteiger partial charge in [0.15, 0.2) is 0 Å². The highest BCUT2D eigenvalue weighted by atomic mass is 16.4. The Morgan fingerprint density at radius 1 is 1.53 bits per heavy atom. The number of nitrogens with zero attached hydrogens (tertiary/aromatic N) is 1. The number of carboxylic acids is 1. The quantitative estimate of drug-likeness (QED) is 0.675. The van der Waals surface area contributed by atoms with E-state index in [0.717, 1.165) is 0 Å². The number of amides is 2. The maximum Gasteiger partial charge on any atom is 0.326 e. The van der Waals surface area contributed by atoms with Crippen LogP contribution in [-0.2, 0) is 11.3 Å². The number of carbonyl (C=O) groups is 2. The van der Waals surface area contributed by atoms with Gasteiger partial charge in [-0.15, -0.1) is 0 Å². The average Bonchev–Trinajstić information content (AvgIpc) is 2.87. The van der Waals surface area contributed by atoms with Crippen molar-refractivity contribution in [3.8, 4) is 0 Å². The van der Waals surface area contributed by atoms with Crippen LogP contribution in [0.1, 0.15) is 19.1 Å². The topological polar surface area (TPSA) is 103 Å². The Labute approximate surface area is 110 Å². The Bertz CT molecular complexity index is 404. The largest absolute Gasteiger partial charge is 0.480 e. The molecule has 3 N–H and O–H groups in total. The Morgan fingerprint density at radius 3 is 2.74 bits per heavy atom. The molecule has 7 heteroatoms. The summed E-state index contributed by atoms with van der Waals surface area (Å²) in [6.45, 7) is 2.16.